The minimum absolute atomic E-state index is 0.0588. The number of nitrogens with one attached hydrogen (secondary N) is 1. The lowest BCUT2D eigenvalue weighted by Crippen LogP contribution is -2.29. The summed E-state index contributed by atoms with van der Waals surface area (Å²) >= 11 is 0. The number of hydrogen-bond donors (Lipinski definition) is 2. The highest BCUT2D eigenvalue weighted by Gasteiger charge is 2.07. The molecule has 1 unspecified atom stereocenters. The Morgan fingerprint density at radius 2 is 2.06 bits per heavy atom. The van der Waals surface area contributed by atoms with Crippen LogP contribution in [0.1, 0.15) is 22.8 Å². The van der Waals surface area contributed by atoms with E-state index in [4.69, 9.17) is 10.5 Å². The molecule has 0 aliphatic rings. The van der Waals surface area contributed by atoms with Gasteiger partial charge in [-0.05, 0) is 23.6 Å². The molecule has 0 radical (unpaired) electrons. The van der Waals surface area contributed by atoms with Crippen molar-refractivity contribution in [3.63, 3.8) is 0 Å². The van der Waals surface area contributed by atoms with E-state index in [0.717, 1.165) is 5.56 Å². The highest BCUT2D eigenvalue weighted by Crippen LogP contribution is 2.04. The number of methoxy groups -OCH3 is 1. The fraction of sp³-hybridized carbons (Fsp3) is 0.462. The highest BCUT2D eigenvalue weighted by molar-refractivity contribution is 5.94. The van der Waals surface area contributed by atoms with Crippen LogP contribution in [-0.4, -0.2) is 26.2 Å². The fourth-order valence-corrected chi connectivity index (χ4v) is 1.50. The highest BCUT2D eigenvalue weighted by atomic mass is 16.5. The van der Waals surface area contributed by atoms with E-state index in [9.17, 15) is 4.79 Å². The molecule has 17 heavy (non-hydrogen) atoms. The molecule has 0 saturated heterocycles. The molecule has 4 nitrogen and oxygen atoms in total. The summed E-state index contributed by atoms with van der Waals surface area (Å²) in [6.07, 6.45) is 0. The lowest BCUT2D eigenvalue weighted by Gasteiger charge is -2.11. The Balaban J connectivity index is 2.46. The Hall–Kier alpha value is -1.39. The number of carbonyl (C=O) groups excluding carboxylic acids is 1. The summed E-state index contributed by atoms with van der Waals surface area (Å²) in [5, 5.41) is 2.87. The molecule has 0 bridgehead atoms. The van der Waals surface area contributed by atoms with Crippen LogP contribution in [0, 0.1) is 5.92 Å². The molecule has 94 valence electrons. The third kappa shape index (κ3) is 4.54. The van der Waals surface area contributed by atoms with Gasteiger partial charge >= 0.3 is 0 Å². The standard InChI is InChI=1S/C13H20N2O2/c1-10(9-17-2)8-15-13(16)12-5-3-11(7-14)4-6-12/h3-6,10H,7-9,14H2,1-2H3,(H,15,16). The Morgan fingerprint density at radius 3 is 2.59 bits per heavy atom. The molecular weight excluding hydrogens is 216 g/mol. The van der Waals surface area contributed by atoms with Crippen LogP contribution in [0.3, 0.4) is 0 Å². The van der Waals surface area contributed by atoms with Crippen LogP contribution in [0.15, 0.2) is 24.3 Å². The number of nitrogens with two attached hydrogens (primary N) is 1. The zero-order chi connectivity index (χ0) is 12.7. The van der Waals surface area contributed by atoms with Gasteiger partial charge in [-0.1, -0.05) is 19.1 Å². The molecule has 0 saturated carbocycles. The van der Waals surface area contributed by atoms with Gasteiger partial charge in [0.1, 0.15) is 0 Å². The molecule has 1 amide bonds. The van der Waals surface area contributed by atoms with Gasteiger partial charge < -0.3 is 15.8 Å². The second kappa shape index (κ2) is 7.04. The van der Waals surface area contributed by atoms with Gasteiger partial charge in [0.15, 0.2) is 0 Å². The predicted octanol–water partition coefficient (Wildman–Crippen LogP) is 1.16. The number of ether oxygens (including phenoxy) is 1. The molecule has 1 atom stereocenters. The molecule has 1 aromatic rings. The second-order valence-electron chi connectivity index (χ2n) is 4.17. The summed E-state index contributed by atoms with van der Waals surface area (Å²) in [5.74, 6) is 0.254. The van der Waals surface area contributed by atoms with Gasteiger partial charge in [-0.2, -0.15) is 0 Å². The fourth-order valence-electron chi connectivity index (χ4n) is 1.50. The van der Waals surface area contributed by atoms with Gasteiger partial charge in [-0.15, -0.1) is 0 Å². The molecule has 1 rings (SSSR count). The van der Waals surface area contributed by atoms with Crippen molar-refractivity contribution >= 4 is 5.91 Å². The molecule has 3 N–H and O–H groups in total. The Bertz CT molecular complexity index is 349. The van der Waals surface area contributed by atoms with Gasteiger partial charge in [-0.25, -0.2) is 0 Å². The van der Waals surface area contributed by atoms with Crippen molar-refractivity contribution in [2.75, 3.05) is 20.3 Å². The summed E-state index contributed by atoms with van der Waals surface area (Å²) in [4.78, 5) is 11.8. The average molecular weight is 236 g/mol. The van der Waals surface area contributed by atoms with E-state index in [0.29, 0.717) is 31.2 Å². The molecule has 0 fully saturated rings. The molecule has 0 heterocycles. The maximum Gasteiger partial charge on any atom is 0.251 e. The second-order valence-corrected chi connectivity index (χ2v) is 4.17. The lowest BCUT2D eigenvalue weighted by molar-refractivity contribution is 0.0934. The van der Waals surface area contributed by atoms with Gasteiger partial charge in [0.25, 0.3) is 5.91 Å². The van der Waals surface area contributed by atoms with Crippen molar-refractivity contribution in [1.29, 1.82) is 0 Å². The normalized spacial score (nSPS) is 12.2. The SMILES string of the molecule is COCC(C)CNC(=O)c1ccc(CN)cc1. The van der Waals surface area contributed by atoms with Gasteiger partial charge in [0, 0.05) is 25.8 Å². The van der Waals surface area contributed by atoms with Gasteiger partial charge in [-0.3, -0.25) is 4.79 Å². The average Bonchev–Trinajstić information content (AvgIpc) is 2.36. The monoisotopic (exact) mass is 236 g/mol. The first kappa shape index (κ1) is 13.7. The predicted molar refractivity (Wildman–Crippen MR) is 67.7 cm³/mol. The molecule has 0 spiro atoms. The molecule has 1 aromatic carbocycles. The first-order valence-corrected chi connectivity index (χ1v) is 5.73. The van der Waals surface area contributed by atoms with Crippen LogP contribution < -0.4 is 11.1 Å². The number of amides is 1. The third-order valence-electron chi connectivity index (χ3n) is 2.51. The van der Waals surface area contributed by atoms with Crippen molar-refractivity contribution in [2.24, 2.45) is 11.7 Å². The summed E-state index contributed by atoms with van der Waals surface area (Å²) in [6.45, 7) is 3.78. The number of carbonyl (C=O) groups is 1. The van der Waals surface area contributed by atoms with Gasteiger partial charge in [0.2, 0.25) is 0 Å². The van der Waals surface area contributed by atoms with Crippen molar-refractivity contribution in [2.45, 2.75) is 13.5 Å². The number of rotatable bonds is 6. The zero-order valence-electron chi connectivity index (χ0n) is 10.4. The number of benzene rings is 1. The molecule has 0 aromatic heterocycles. The van der Waals surface area contributed by atoms with E-state index in [1.165, 1.54) is 0 Å². The minimum Gasteiger partial charge on any atom is -0.384 e. The minimum atomic E-state index is -0.0588. The number of hydrogen-bond acceptors (Lipinski definition) is 3. The maximum absolute atomic E-state index is 11.8. The van der Waals surface area contributed by atoms with E-state index < -0.39 is 0 Å². The van der Waals surface area contributed by atoms with Crippen LogP contribution >= 0.6 is 0 Å². The maximum atomic E-state index is 11.8. The van der Waals surface area contributed by atoms with Gasteiger partial charge in [0.05, 0.1) is 6.61 Å². The molecule has 0 aliphatic carbocycles. The summed E-state index contributed by atoms with van der Waals surface area (Å²) < 4.78 is 5.01. The molecule has 4 heteroatoms. The van der Waals surface area contributed by atoms with Crippen LogP contribution in [-0.2, 0) is 11.3 Å². The summed E-state index contributed by atoms with van der Waals surface area (Å²) in [7, 11) is 1.66. The Morgan fingerprint density at radius 1 is 1.41 bits per heavy atom. The van der Waals surface area contributed by atoms with Crippen LogP contribution in [0.4, 0.5) is 0 Å². The van der Waals surface area contributed by atoms with Crippen molar-refractivity contribution in [1.82, 2.24) is 5.32 Å². The lowest BCUT2D eigenvalue weighted by atomic mass is 10.1. The van der Waals surface area contributed by atoms with E-state index in [1.807, 2.05) is 19.1 Å². The third-order valence-corrected chi connectivity index (χ3v) is 2.51. The largest absolute Gasteiger partial charge is 0.384 e. The smallest absolute Gasteiger partial charge is 0.251 e. The van der Waals surface area contributed by atoms with Crippen LogP contribution in [0.2, 0.25) is 0 Å². The zero-order valence-corrected chi connectivity index (χ0v) is 10.4. The van der Waals surface area contributed by atoms with E-state index in [2.05, 4.69) is 5.32 Å². The summed E-state index contributed by atoms with van der Waals surface area (Å²) in [5.41, 5.74) is 7.17. The van der Waals surface area contributed by atoms with Crippen LogP contribution in [0.25, 0.3) is 0 Å². The van der Waals surface area contributed by atoms with Crippen LogP contribution in [0.5, 0.6) is 0 Å². The van der Waals surface area contributed by atoms with Crippen molar-refractivity contribution in [3.05, 3.63) is 35.4 Å². The molecular formula is C13H20N2O2. The Labute approximate surface area is 102 Å². The van der Waals surface area contributed by atoms with E-state index >= 15 is 0 Å². The van der Waals surface area contributed by atoms with E-state index in [1.54, 1.807) is 19.2 Å². The quantitative estimate of drug-likeness (QED) is 0.779. The first-order valence-electron chi connectivity index (χ1n) is 5.73. The Kier molecular flexibility index (Phi) is 5.66. The van der Waals surface area contributed by atoms with E-state index in [-0.39, 0.29) is 5.91 Å². The van der Waals surface area contributed by atoms with Crippen molar-refractivity contribution in [3.8, 4) is 0 Å². The van der Waals surface area contributed by atoms with Crippen molar-refractivity contribution < 1.29 is 9.53 Å². The topological polar surface area (TPSA) is 64.3 Å². The molecule has 0 aliphatic heterocycles. The first-order chi connectivity index (χ1) is 8.17. The summed E-state index contributed by atoms with van der Waals surface area (Å²) in [6, 6.07) is 7.32.